The van der Waals surface area contributed by atoms with E-state index in [1.165, 1.54) is 49.7 Å². The van der Waals surface area contributed by atoms with Gasteiger partial charge in [0, 0.05) is 18.0 Å². The average molecular weight is 261 g/mol. The maximum absolute atomic E-state index is 6.33. The molecule has 1 aliphatic heterocycles. The van der Waals surface area contributed by atoms with Crippen LogP contribution in [-0.4, -0.2) is 6.61 Å². The highest BCUT2D eigenvalue weighted by molar-refractivity contribution is 5.45. The van der Waals surface area contributed by atoms with E-state index in [9.17, 15) is 0 Å². The van der Waals surface area contributed by atoms with Gasteiger partial charge in [0.25, 0.3) is 0 Å². The minimum absolute atomic E-state index is 0.138. The number of para-hydroxylation sites is 1. The number of rotatable bonds is 8. The van der Waals surface area contributed by atoms with E-state index in [2.05, 4.69) is 25.1 Å². The van der Waals surface area contributed by atoms with Crippen LogP contribution in [0.25, 0.3) is 0 Å². The van der Waals surface area contributed by atoms with E-state index in [0.29, 0.717) is 0 Å². The Labute approximate surface area is 117 Å². The number of hydrogen-bond acceptors (Lipinski definition) is 2. The molecule has 0 saturated heterocycles. The van der Waals surface area contributed by atoms with E-state index in [1.54, 1.807) is 0 Å². The Bertz CT molecular complexity index is 389. The van der Waals surface area contributed by atoms with Gasteiger partial charge in [-0.1, -0.05) is 63.6 Å². The quantitative estimate of drug-likeness (QED) is 0.705. The lowest BCUT2D eigenvalue weighted by atomic mass is 9.97. The normalized spacial score (nSPS) is 15.1. The van der Waals surface area contributed by atoms with Crippen LogP contribution < -0.4 is 10.5 Å². The van der Waals surface area contributed by atoms with Crippen LogP contribution in [0.1, 0.15) is 69.0 Å². The van der Waals surface area contributed by atoms with E-state index in [-0.39, 0.29) is 6.04 Å². The third kappa shape index (κ3) is 3.97. The van der Waals surface area contributed by atoms with E-state index in [4.69, 9.17) is 10.5 Å². The van der Waals surface area contributed by atoms with Gasteiger partial charge >= 0.3 is 0 Å². The smallest absolute Gasteiger partial charge is 0.127 e. The van der Waals surface area contributed by atoms with Crippen molar-refractivity contribution in [1.29, 1.82) is 0 Å². The van der Waals surface area contributed by atoms with E-state index in [1.807, 2.05) is 0 Å². The Hall–Kier alpha value is -1.02. The SMILES string of the molecule is CCCCCCCCC(N)c1cccc2c1OCC2. The van der Waals surface area contributed by atoms with Gasteiger partial charge in [0.2, 0.25) is 0 Å². The van der Waals surface area contributed by atoms with Crippen LogP contribution in [-0.2, 0) is 6.42 Å². The van der Waals surface area contributed by atoms with Gasteiger partial charge in [0.05, 0.1) is 6.61 Å². The average Bonchev–Trinajstić information content (AvgIpc) is 2.90. The molecule has 1 atom stereocenters. The van der Waals surface area contributed by atoms with Crippen LogP contribution in [0.3, 0.4) is 0 Å². The Kier molecular flexibility index (Phi) is 5.71. The highest BCUT2D eigenvalue weighted by Crippen LogP contribution is 2.34. The maximum Gasteiger partial charge on any atom is 0.127 e. The summed E-state index contributed by atoms with van der Waals surface area (Å²) < 4.78 is 5.73. The molecule has 0 bridgehead atoms. The first-order valence-electron chi connectivity index (χ1n) is 7.83. The van der Waals surface area contributed by atoms with Gasteiger partial charge in [-0.3, -0.25) is 0 Å². The molecule has 0 radical (unpaired) electrons. The second-order valence-electron chi connectivity index (χ2n) is 5.60. The lowest BCUT2D eigenvalue weighted by molar-refractivity contribution is 0.350. The van der Waals surface area contributed by atoms with Gasteiger partial charge in [0.15, 0.2) is 0 Å². The fraction of sp³-hybridized carbons (Fsp3) is 0.647. The van der Waals surface area contributed by atoms with Gasteiger partial charge in [-0.15, -0.1) is 0 Å². The summed E-state index contributed by atoms with van der Waals surface area (Å²) in [7, 11) is 0. The summed E-state index contributed by atoms with van der Waals surface area (Å²) in [6.07, 6.45) is 10.1. The van der Waals surface area contributed by atoms with Crippen molar-refractivity contribution < 1.29 is 4.74 Å². The zero-order valence-corrected chi connectivity index (χ0v) is 12.2. The number of unbranched alkanes of at least 4 members (excludes halogenated alkanes) is 5. The summed E-state index contributed by atoms with van der Waals surface area (Å²) >= 11 is 0. The van der Waals surface area contributed by atoms with Crippen LogP contribution in [0.4, 0.5) is 0 Å². The second-order valence-corrected chi connectivity index (χ2v) is 5.60. The molecule has 0 aromatic heterocycles. The van der Waals surface area contributed by atoms with Crippen LogP contribution in [0, 0.1) is 0 Å². The summed E-state index contributed by atoms with van der Waals surface area (Å²) in [5.41, 5.74) is 8.87. The van der Waals surface area contributed by atoms with Gasteiger partial charge < -0.3 is 10.5 Å². The van der Waals surface area contributed by atoms with Crippen molar-refractivity contribution in [3.8, 4) is 5.75 Å². The first-order valence-corrected chi connectivity index (χ1v) is 7.83. The molecular formula is C17H27NO. The van der Waals surface area contributed by atoms with Crippen molar-refractivity contribution in [2.75, 3.05) is 6.61 Å². The summed E-state index contributed by atoms with van der Waals surface area (Å²) in [5.74, 6) is 1.07. The first kappa shape index (κ1) is 14.4. The highest BCUT2D eigenvalue weighted by Gasteiger charge is 2.19. The topological polar surface area (TPSA) is 35.2 Å². The molecule has 2 N–H and O–H groups in total. The molecule has 19 heavy (non-hydrogen) atoms. The molecule has 2 nitrogen and oxygen atoms in total. The summed E-state index contributed by atoms with van der Waals surface area (Å²) in [6.45, 7) is 3.07. The van der Waals surface area contributed by atoms with Gasteiger partial charge in [-0.25, -0.2) is 0 Å². The molecule has 0 amide bonds. The molecular weight excluding hydrogens is 234 g/mol. The van der Waals surface area contributed by atoms with Crippen molar-refractivity contribution in [3.63, 3.8) is 0 Å². The fourth-order valence-corrected chi connectivity index (χ4v) is 2.83. The van der Waals surface area contributed by atoms with Crippen LogP contribution >= 0.6 is 0 Å². The largest absolute Gasteiger partial charge is 0.493 e. The molecule has 106 valence electrons. The van der Waals surface area contributed by atoms with Crippen molar-refractivity contribution in [3.05, 3.63) is 29.3 Å². The van der Waals surface area contributed by atoms with Crippen molar-refractivity contribution >= 4 is 0 Å². The molecule has 2 rings (SSSR count). The molecule has 0 spiro atoms. The predicted octanol–water partition coefficient (Wildman–Crippen LogP) is 4.37. The van der Waals surface area contributed by atoms with Crippen molar-refractivity contribution in [1.82, 2.24) is 0 Å². The molecule has 1 unspecified atom stereocenters. The predicted molar refractivity (Wildman–Crippen MR) is 80.6 cm³/mol. The lowest BCUT2D eigenvalue weighted by Crippen LogP contribution is -2.11. The van der Waals surface area contributed by atoms with Crippen LogP contribution in [0.15, 0.2) is 18.2 Å². The minimum Gasteiger partial charge on any atom is -0.493 e. The van der Waals surface area contributed by atoms with E-state index < -0.39 is 0 Å². The van der Waals surface area contributed by atoms with Gasteiger partial charge in [0.1, 0.15) is 5.75 Å². The summed E-state index contributed by atoms with van der Waals surface area (Å²) in [6, 6.07) is 6.54. The standard InChI is InChI=1S/C17H27NO/c1-2-3-4-5-6-7-11-16(18)15-10-8-9-14-12-13-19-17(14)15/h8-10,16H,2-7,11-13,18H2,1H3. The molecule has 2 heteroatoms. The molecule has 0 saturated carbocycles. The second kappa shape index (κ2) is 7.54. The van der Waals surface area contributed by atoms with E-state index >= 15 is 0 Å². The minimum atomic E-state index is 0.138. The molecule has 1 heterocycles. The summed E-state index contributed by atoms with van der Waals surface area (Å²) in [5, 5.41) is 0. The number of nitrogens with two attached hydrogens (primary N) is 1. The Balaban J connectivity index is 1.77. The number of hydrogen-bond donors (Lipinski definition) is 1. The third-order valence-corrected chi connectivity index (χ3v) is 4.01. The molecule has 1 aromatic carbocycles. The number of ether oxygens (including phenoxy) is 1. The maximum atomic E-state index is 6.33. The number of fused-ring (bicyclic) bond motifs is 1. The summed E-state index contributed by atoms with van der Waals surface area (Å²) in [4.78, 5) is 0. The van der Waals surface area contributed by atoms with Gasteiger partial charge in [-0.2, -0.15) is 0 Å². The van der Waals surface area contributed by atoms with Gasteiger partial charge in [-0.05, 0) is 12.0 Å². The molecule has 1 aliphatic rings. The first-order chi connectivity index (χ1) is 9.33. The Morgan fingerprint density at radius 3 is 2.79 bits per heavy atom. The number of benzene rings is 1. The Morgan fingerprint density at radius 1 is 1.16 bits per heavy atom. The monoisotopic (exact) mass is 261 g/mol. The van der Waals surface area contributed by atoms with Crippen molar-refractivity contribution in [2.24, 2.45) is 5.73 Å². The Morgan fingerprint density at radius 2 is 1.95 bits per heavy atom. The fourth-order valence-electron chi connectivity index (χ4n) is 2.83. The molecule has 1 aromatic rings. The zero-order valence-electron chi connectivity index (χ0n) is 12.2. The lowest BCUT2D eigenvalue weighted by Gasteiger charge is -2.15. The highest BCUT2D eigenvalue weighted by atomic mass is 16.5. The van der Waals surface area contributed by atoms with Crippen molar-refractivity contribution in [2.45, 2.75) is 64.3 Å². The van der Waals surface area contributed by atoms with Crippen LogP contribution in [0.2, 0.25) is 0 Å². The molecule has 0 fully saturated rings. The third-order valence-electron chi connectivity index (χ3n) is 4.01. The van der Waals surface area contributed by atoms with E-state index in [0.717, 1.165) is 25.2 Å². The molecule has 0 aliphatic carbocycles. The van der Waals surface area contributed by atoms with Crippen LogP contribution in [0.5, 0.6) is 5.75 Å². The zero-order chi connectivity index (χ0) is 13.5.